The molecule has 0 bridgehead atoms. The summed E-state index contributed by atoms with van der Waals surface area (Å²) in [5, 5.41) is 0. The van der Waals surface area contributed by atoms with E-state index in [-0.39, 0.29) is 5.82 Å². The fourth-order valence-electron chi connectivity index (χ4n) is 2.12. The van der Waals surface area contributed by atoms with Gasteiger partial charge in [0.2, 0.25) is 0 Å². The molecule has 0 spiro atoms. The van der Waals surface area contributed by atoms with Gasteiger partial charge in [-0.1, -0.05) is 36.4 Å². The minimum absolute atomic E-state index is 0.190. The number of hydrogen-bond donors (Lipinski definition) is 1. The first-order chi connectivity index (χ1) is 9.20. The van der Waals surface area contributed by atoms with Crippen LogP contribution >= 0.6 is 0 Å². The Kier molecular flexibility index (Phi) is 4.53. The Bertz CT molecular complexity index is 526. The lowest BCUT2D eigenvalue weighted by Gasteiger charge is -2.20. The van der Waals surface area contributed by atoms with E-state index in [0.717, 1.165) is 11.1 Å². The second kappa shape index (κ2) is 6.34. The summed E-state index contributed by atoms with van der Waals surface area (Å²) in [5.41, 5.74) is 8.20. The summed E-state index contributed by atoms with van der Waals surface area (Å²) in [4.78, 5) is 1.91. The molecule has 0 saturated heterocycles. The van der Waals surface area contributed by atoms with E-state index in [2.05, 4.69) is 0 Å². The fourth-order valence-corrected chi connectivity index (χ4v) is 2.12. The van der Waals surface area contributed by atoms with E-state index >= 15 is 0 Å². The fraction of sp³-hybridized carbons (Fsp3) is 0.250. The monoisotopic (exact) mass is 258 g/mol. The van der Waals surface area contributed by atoms with Crippen molar-refractivity contribution in [2.24, 2.45) is 5.73 Å². The lowest BCUT2D eigenvalue weighted by molar-refractivity contribution is 0.620. The highest BCUT2D eigenvalue weighted by Gasteiger charge is 2.08. The molecule has 3 heteroatoms. The summed E-state index contributed by atoms with van der Waals surface area (Å²) in [7, 11) is 1.90. The van der Waals surface area contributed by atoms with E-state index in [0.29, 0.717) is 25.2 Å². The first kappa shape index (κ1) is 13.6. The van der Waals surface area contributed by atoms with Crippen molar-refractivity contribution in [1.29, 1.82) is 0 Å². The van der Waals surface area contributed by atoms with Crippen molar-refractivity contribution in [1.82, 2.24) is 0 Å². The van der Waals surface area contributed by atoms with E-state index in [4.69, 9.17) is 5.73 Å². The third kappa shape index (κ3) is 3.55. The summed E-state index contributed by atoms with van der Waals surface area (Å²) in [6, 6.07) is 15.4. The van der Waals surface area contributed by atoms with Gasteiger partial charge in [0.15, 0.2) is 0 Å². The molecule has 0 aromatic heterocycles. The third-order valence-corrected chi connectivity index (χ3v) is 3.12. The van der Waals surface area contributed by atoms with E-state index < -0.39 is 0 Å². The maximum absolute atomic E-state index is 14.0. The Hall–Kier alpha value is -1.87. The summed E-state index contributed by atoms with van der Waals surface area (Å²) in [6.07, 6.45) is 0.708. The number of halogens is 1. The molecule has 100 valence electrons. The summed E-state index contributed by atoms with van der Waals surface area (Å²) < 4.78 is 14.0. The molecule has 0 aliphatic heterocycles. The van der Waals surface area contributed by atoms with Gasteiger partial charge in [0.05, 0.1) is 5.69 Å². The van der Waals surface area contributed by atoms with Gasteiger partial charge < -0.3 is 10.6 Å². The zero-order valence-electron chi connectivity index (χ0n) is 11.1. The molecule has 0 saturated carbocycles. The van der Waals surface area contributed by atoms with Crippen molar-refractivity contribution in [2.75, 3.05) is 18.5 Å². The molecule has 0 radical (unpaired) electrons. The number of hydrogen-bond acceptors (Lipinski definition) is 2. The van der Waals surface area contributed by atoms with Crippen LogP contribution in [0.2, 0.25) is 0 Å². The van der Waals surface area contributed by atoms with Crippen LogP contribution in [0.25, 0.3) is 0 Å². The number of nitrogens with two attached hydrogens (primary N) is 1. The topological polar surface area (TPSA) is 29.3 Å². The quantitative estimate of drug-likeness (QED) is 0.893. The van der Waals surface area contributed by atoms with Gasteiger partial charge in [-0.3, -0.25) is 0 Å². The first-order valence-corrected chi connectivity index (χ1v) is 6.44. The highest BCUT2D eigenvalue weighted by molar-refractivity contribution is 5.49. The Morgan fingerprint density at radius 1 is 1.05 bits per heavy atom. The molecule has 2 aromatic rings. The predicted octanol–water partition coefficient (Wildman–Crippen LogP) is 2.96. The summed E-state index contributed by atoms with van der Waals surface area (Å²) in [5.74, 6) is -0.190. The average Bonchev–Trinajstić information content (AvgIpc) is 2.40. The maximum atomic E-state index is 14.0. The Labute approximate surface area is 113 Å². The van der Waals surface area contributed by atoms with Gasteiger partial charge >= 0.3 is 0 Å². The average molecular weight is 258 g/mol. The molecule has 19 heavy (non-hydrogen) atoms. The highest BCUT2D eigenvalue weighted by Crippen LogP contribution is 2.21. The first-order valence-electron chi connectivity index (χ1n) is 6.44. The summed E-state index contributed by atoms with van der Waals surface area (Å²) >= 11 is 0. The minimum atomic E-state index is -0.190. The van der Waals surface area contributed by atoms with Crippen molar-refractivity contribution in [3.8, 4) is 0 Å². The van der Waals surface area contributed by atoms with Crippen molar-refractivity contribution in [3.63, 3.8) is 0 Å². The van der Waals surface area contributed by atoms with Crippen LogP contribution in [0, 0.1) is 5.82 Å². The number of anilines is 1. The number of nitrogens with zero attached hydrogens (tertiary/aromatic N) is 1. The van der Waals surface area contributed by atoms with Gasteiger partial charge in [0.1, 0.15) is 5.82 Å². The third-order valence-electron chi connectivity index (χ3n) is 3.12. The number of benzene rings is 2. The second-order valence-corrected chi connectivity index (χ2v) is 4.67. The van der Waals surface area contributed by atoms with Crippen LogP contribution < -0.4 is 10.6 Å². The minimum Gasteiger partial charge on any atom is -0.368 e. The molecule has 0 atom stereocenters. The molecule has 2 N–H and O–H groups in total. The molecule has 0 unspecified atom stereocenters. The van der Waals surface area contributed by atoms with Crippen LogP contribution in [0.4, 0.5) is 10.1 Å². The molecule has 2 aromatic carbocycles. The van der Waals surface area contributed by atoms with Gasteiger partial charge in [-0.2, -0.15) is 0 Å². The van der Waals surface area contributed by atoms with Crippen molar-refractivity contribution >= 4 is 5.69 Å². The van der Waals surface area contributed by atoms with Crippen molar-refractivity contribution in [2.45, 2.75) is 13.0 Å². The van der Waals surface area contributed by atoms with Crippen LogP contribution in [-0.4, -0.2) is 13.6 Å². The van der Waals surface area contributed by atoms with Crippen LogP contribution in [-0.2, 0) is 13.0 Å². The SMILES string of the molecule is CN(Cc1ccccc1)c1ccc(CCN)cc1F. The van der Waals surface area contributed by atoms with Crippen LogP contribution in [0.1, 0.15) is 11.1 Å². The van der Waals surface area contributed by atoms with E-state index in [1.54, 1.807) is 6.07 Å². The van der Waals surface area contributed by atoms with Gasteiger partial charge in [0, 0.05) is 13.6 Å². The predicted molar refractivity (Wildman–Crippen MR) is 77.7 cm³/mol. The lowest BCUT2D eigenvalue weighted by atomic mass is 10.1. The van der Waals surface area contributed by atoms with Crippen LogP contribution in [0.5, 0.6) is 0 Å². The lowest BCUT2D eigenvalue weighted by Crippen LogP contribution is -2.17. The Morgan fingerprint density at radius 2 is 1.79 bits per heavy atom. The molecule has 0 aliphatic carbocycles. The zero-order chi connectivity index (χ0) is 13.7. The van der Waals surface area contributed by atoms with Crippen LogP contribution in [0.15, 0.2) is 48.5 Å². The van der Waals surface area contributed by atoms with E-state index in [1.807, 2.05) is 54.4 Å². The zero-order valence-corrected chi connectivity index (χ0v) is 11.1. The van der Waals surface area contributed by atoms with Gasteiger partial charge in [-0.15, -0.1) is 0 Å². The van der Waals surface area contributed by atoms with Gasteiger partial charge in [-0.25, -0.2) is 4.39 Å². The molecule has 0 amide bonds. The molecular formula is C16H19FN2. The molecule has 2 nitrogen and oxygen atoms in total. The molecule has 0 fully saturated rings. The largest absolute Gasteiger partial charge is 0.368 e. The molecule has 0 aliphatic rings. The Balaban J connectivity index is 2.13. The summed E-state index contributed by atoms with van der Waals surface area (Å²) in [6.45, 7) is 1.23. The Morgan fingerprint density at radius 3 is 2.42 bits per heavy atom. The normalized spacial score (nSPS) is 10.5. The van der Waals surface area contributed by atoms with Crippen molar-refractivity contribution < 1.29 is 4.39 Å². The van der Waals surface area contributed by atoms with Gasteiger partial charge in [-0.05, 0) is 36.2 Å². The van der Waals surface area contributed by atoms with E-state index in [9.17, 15) is 4.39 Å². The molecule has 0 heterocycles. The van der Waals surface area contributed by atoms with Crippen LogP contribution in [0.3, 0.4) is 0 Å². The van der Waals surface area contributed by atoms with Gasteiger partial charge in [0.25, 0.3) is 0 Å². The molecule has 2 rings (SSSR count). The maximum Gasteiger partial charge on any atom is 0.146 e. The molecular weight excluding hydrogens is 239 g/mol. The van der Waals surface area contributed by atoms with E-state index in [1.165, 1.54) is 0 Å². The number of rotatable bonds is 5. The smallest absolute Gasteiger partial charge is 0.146 e. The van der Waals surface area contributed by atoms with Crippen molar-refractivity contribution in [3.05, 3.63) is 65.5 Å². The standard InChI is InChI=1S/C16H19FN2/c1-19(12-14-5-3-2-4-6-14)16-8-7-13(9-10-18)11-15(16)17/h2-8,11H,9-10,12,18H2,1H3. The second-order valence-electron chi connectivity index (χ2n) is 4.67. The highest BCUT2D eigenvalue weighted by atomic mass is 19.1.